The predicted molar refractivity (Wildman–Crippen MR) is 74.3 cm³/mol. The zero-order valence-corrected chi connectivity index (χ0v) is 11.8. The van der Waals surface area contributed by atoms with E-state index in [2.05, 4.69) is 17.0 Å². The van der Waals surface area contributed by atoms with Gasteiger partial charge in [0.2, 0.25) is 6.79 Å². The van der Waals surface area contributed by atoms with Crippen molar-refractivity contribution in [2.75, 3.05) is 13.3 Å². The average Bonchev–Trinajstić information content (AvgIpc) is 3.04. The first-order valence-electron chi connectivity index (χ1n) is 7.73. The smallest absolute Gasteiger partial charge is 0.231 e. The summed E-state index contributed by atoms with van der Waals surface area (Å²) in [5.41, 5.74) is 2.03. The number of hydrogen-bond acceptors (Lipinski definition) is 5. The molecule has 1 aromatic rings. The fraction of sp³-hybridized carbons (Fsp3) is 0.625. The normalized spacial score (nSPS) is 42.6. The van der Waals surface area contributed by atoms with E-state index in [0.29, 0.717) is 12.5 Å². The van der Waals surface area contributed by atoms with Crippen LogP contribution in [0.25, 0.3) is 0 Å². The molecule has 0 amide bonds. The Kier molecular flexibility index (Phi) is 2.28. The lowest BCUT2D eigenvalue weighted by Crippen LogP contribution is -2.60. The molecule has 5 rings (SSSR count). The lowest BCUT2D eigenvalue weighted by molar-refractivity contribution is -0.0810. The fourth-order valence-corrected chi connectivity index (χ4v) is 5.02. The number of ether oxygens (including phenoxy) is 2. The molecule has 1 unspecified atom stereocenters. The number of nitrogens with zero attached hydrogens (tertiary/aromatic N) is 1. The summed E-state index contributed by atoms with van der Waals surface area (Å²) < 4.78 is 11.0. The second-order valence-corrected chi connectivity index (χ2v) is 6.73. The molecule has 2 N–H and O–H groups in total. The van der Waals surface area contributed by atoms with Crippen molar-refractivity contribution in [2.45, 2.75) is 49.5 Å². The largest absolute Gasteiger partial charge is 0.454 e. The summed E-state index contributed by atoms with van der Waals surface area (Å²) in [6, 6.07) is 4.44. The molecule has 1 saturated carbocycles. The van der Waals surface area contributed by atoms with Crippen LogP contribution in [0.5, 0.6) is 11.5 Å². The Morgan fingerprint density at radius 1 is 1.14 bits per heavy atom. The van der Waals surface area contributed by atoms with Crippen molar-refractivity contribution in [3.8, 4) is 11.5 Å². The van der Waals surface area contributed by atoms with E-state index in [-0.39, 0.29) is 12.2 Å². The zero-order chi connectivity index (χ0) is 14.2. The van der Waals surface area contributed by atoms with Gasteiger partial charge in [-0.05, 0) is 49.1 Å². The third-order valence-corrected chi connectivity index (χ3v) is 5.95. The minimum atomic E-state index is -0.694. The van der Waals surface area contributed by atoms with E-state index in [4.69, 9.17) is 9.47 Å². The van der Waals surface area contributed by atoms with Crippen LogP contribution >= 0.6 is 0 Å². The SMILES string of the molecule is O[C@H]1CC[C@H]2N3CC[C@@]2(c2cc4c(cc2C3)OCO4)[C@H]1O. The van der Waals surface area contributed by atoms with Gasteiger partial charge in [-0.2, -0.15) is 0 Å². The number of aliphatic hydroxyl groups is 2. The van der Waals surface area contributed by atoms with Gasteiger partial charge in [-0.1, -0.05) is 0 Å². The minimum absolute atomic E-state index is 0.267. The lowest BCUT2D eigenvalue weighted by atomic mass is 9.61. The van der Waals surface area contributed by atoms with Gasteiger partial charge in [0.05, 0.1) is 12.2 Å². The maximum Gasteiger partial charge on any atom is 0.231 e. The maximum absolute atomic E-state index is 10.8. The van der Waals surface area contributed by atoms with Gasteiger partial charge < -0.3 is 19.7 Å². The molecule has 4 aliphatic rings. The topological polar surface area (TPSA) is 62.2 Å². The van der Waals surface area contributed by atoms with E-state index in [1.807, 2.05) is 0 Å². The highest BCUT2D eigenvalue weighted by Gasteiger charge is 2.60. The molecule has 2 bridgehead atoms. The van der Waals surface area contributed by atoms with E-state index in [9.17, 15) is 10.2 Å². The third-order valence-electron chi connectivity index (χ3n) is 5.95. The van der Waals surface area contributed by atoms with Crippen LogP contribution in [-0.2, 0) is 12.0 Å². The number of aliphatic hydroxyl groups excluding tert-OH is 2. The van der Waals surface area contributed by atoms with Crippen LogP contribution in [0.3, 0.4) is 0 Å². The molecule has 3 aliphatic heterocycles. The first-order valence-corrected chi connectivity index (χ1v) is 7.73. The summed E-state index contributed by atoms with van der Waals surface area (Å²) >= 11 is 0. The third kappa shape index (κ3) is 1.37. The standard InChI is InChI=1S/C16H19NO4/c18-11-1-2-14-16(15(11)19)3-4-17(14)7-9-5-12-13(6-10(9)16)21-8-20-12/h5-6,11,14-15,18-19H,1-4,7-8H2/t11-,14+,15-,16-/m0/s1. The van der Waals surface area contributed by atoms with Crippen LogP contribution < -0.4 is 9.47 Å². The van der Waals surface area contributed by atoms with Gasteiger partial charge >= 0.3 is 0 Å². The molecule has 0 radical (unpaired) electrons. The van der Waals surface area contributed by atoms with E-state index < -0.39 is 12.2 Å². The van der Waals surface area contributed by atoms with E-state index in [1.165, 1.54) is 5.56 Å². The Hall–Kier alpha value is -1.30. The predicted octanol–water partition coefficient (Wildman–Crippen LogP) is 0.757. The fourth-order valence-electron chi connectivity index (χ4n) is 5.02. The Morgan fingerprint density at radius 3 is 2.81 bits per heavy atom. The van der Waals surface area contributed by atoms with Gasteiger partial charge in [-0.25, -0.2) is 0 Å². The van der Waals surface area contributed by atoms with Crippen molar-refractivity contribution in [1.82, 2.24) is 4.90 Å². The average molecular weight is 289 g/mol. The Balaban J connectivity index is 1.73. The second-order valence-electron chi connectivity index (χ2n) is 6.73. The highest BCUT2D eigenvalue weighted by atomic mass is 16.7. The first-order chi connectivity index (χ1) is 10.2. The van der Waals surface area contributed by atoms with E-state index >= 15 is 0 Å². The molecule has 1 aromatic carbocycles. The van der Waals surface area contributed by atoms with Crippen molar-refractivity contribution < 1.29 is 19.7 Å². The summed E-state index contributed by atoms with van der Waals surface area (Å²) in [6.45, 7) is 2.15. The van der Waals surface area contributed by atoms with Crippen LogP contribution in [0.2, 0.25) is 0 Å². The van der Waals surface area contributed by atoms with Crippen LogP contribution in [-0.4, -0.2) is 46.7 Å². The Bertz CT molecular complexity index is 619. The summed E-state index contributed by atoms with van der Waals surface area (Å²) in [7, 11) is 0. The molecule has 0 spiro atoms. The van der Waals surface area contributed by atoms with Crippen LogP contribution in [0, 0.1) is 0 Å². The minimum Gasteiger partial charge on any atom is -0.454 e. The molecule has 5 atom stereocenters. The summed E-state index contributed by atoms with van der Waals surface area (Å²) in [4.78, 5) is 2.46. The van der Waals surface area contributed by atoms with Crippen molar-refractivity contribution in [3.63, 3.8) is 0 Å². The zero-order valence-electron chi connectivity index (χ0n) is 11.8. The van der Waals surface area contributed by atoms with Crippen molar-refractivity contribution in [1.29, 1.82) is 0 Å². The summed E-state index contributed by atoms with van der Waals surface area (Å²) in [5, 5.41) is 21.0. The first kappa shape index (κ1) is 12.3. The van der Waals surface area contributed by atoms with Crippen molar-refractivity contribution in [3.05, 3.63) is 23.3 Å². The molecule has 5 nitrogen and oxygen atoms in total. The molecular weight excluding hydrogens is 270 g/mol. The molecule has 5 heteroatoms. The molecule has 112 valence electrons. The lowest BCUT2D eigenvalue weighted by Gasteiger charge is -2.51. The van der Waals surface area contributed by atoms with Crippen molar-refractivity contribution >= 4 is 0 Å². The van der Waals surface area contributed by atoms with Gasteiger partial charge in [-0.15, -0.1) is 0 Å². The molecule has 1 aliphatic carbocycles. The number of benzene rings is 1. The molecule has 2 fully saturated rings. The maximum atomic E-state index is 10.8. The molecule has 21 heavy (non-hydrogen) atoms. The quantitative estimate of drug-likeness (QED) is 0.738. The van der Waals surface area contributed by atoms with Crippen LogP contribution in [0.1, 0.15) is 30.4 Å². The van der Waals surface area contributed by atoms with E-state index in [0.717, 1.165) is 43.0 Å². The summed E-state index contributed by atoms with van der Waals surface area (Å²) in [6.07, 6.45) is 1.22. The van der Waals surface area contributed by atoms with Gasteiger partial charge in [0, 0.05) is 18.0 Å². The summed E-state index contributed by atoms with van der Waals surface area (Å²) in [5.74, 6) is 1.57. The monoisotopic (exact) mass is 289 g/mol. The number of hydrogen-bond donors (Lipinski definition) is 2. The van der Waals surface area contributed by atoms with Crippen LogP contribution in [0.4, 0.5) is 0 Å². The van der Waals surface area contributed by atoms with Gasteiger partial charge in [0.15, 0.2) is 11.5 Å². The van der Waals surface area contributed by atoms with Gasteiger partial charge in [0.25, 0.3) is 0 Å². The van der Waals surface area contributed by atoms with Crippen molar-refractivity contribution in [2.24, 2.45) is 0 Å². The molecular formula is C16H19NO4. The van der Waals surface area contributed by atoms with Gasteiger partial charge in [0.1, 0.15) is 0 Å². The molecule has 1 saturated heterocycles. The number of fused-ring (bicyclic) bond motifs is 2. The van der Waals surface area contributed by atoms with Crippen LogP contribution in [0.15, 0.2) is 12.1 Å². The van der Waals surface area contributed by atoms with Gasteiger partial charge in [-0.3, -0.25) is 4.90 Å². The Morgan fingerprint density at radius 2 is 1.95 bits per heavy atom. The second kappa shape index (κ2) is 3.91. The number of rotatable bonds is 0. The molecule has 0 aromatic heterocycles. The molecule has 3 heterocycles. The highest BCUT2D eigenvalue weighted by molar-refractivity contribution is 5.54. The highest BCUT2D eigenvalue weighted by Crippen LogP contribution is 2.55. The van der Waals surface area contributed by atoms with E-state index in [1.54, 1.807) is 0 Å². The Labute approximate surface area is 123 Å².